The van der Waals surface area contributed by atoms with Crippen LogP contribution in [0.15, 0.2) is 42.5 Å². The Hall–Kier alpha value is -1.65. The largest absolute Gasteiger partial charge is 0.394 e. The van der Waals surface area contributed by atoms with Gasteiger partial charge in [-0.05, 0) is 37.5 Å². The molecule has 1 aromatic carbocycles. The molecule has 2 aromatic rings. The first-order valence-electron chi connectivity index (χ1n) is 7.19. The summed E-state index contributed by atoms with van der Waals surface area (Å²) in [6.45, 7) is 2.01. The minimum absolute atomic E-state index is 0.00817. The van der Waals surface area contributed by atoms with Crippen LogP contribution in [0.1, 0.15) is 34.2 Å². The molecule has 1 atom stereocenters. The van der Waals surface area contributed by atoms with Crippen molar-refractivity contribution in [1.29, 1.82) is 0 Å². The van der Waals surface area contributed by atoms with Crippen LogP contribution in [0, 0.1) is 6.92 Å². The lowest BCUT2D eigenvalue weighted by molar-refractivity contribution is -0.122. The van der Waals surface area contributed by atoms with Crippen LogP contribution in [0.25, 0.3) is 0 Å². The number of hydrogen-bond acceptors (Lipinski definition) is 3. The highest BCUT2D eigenvalue weighted by Gasteiger charge is 2.13. The topological polar surface area (TPSA) is 49.3 Å². The molecular weight excluding hydrogens is 282 g/mol. The molecule has 4 heteroatoms. The third-order valence-electron chi connectivity index (χ3n) is 3.34. The monoisotopic (exact) mass is 303 g/mol. The molecule has 1 unspecified atom stereocenters. The zero-order valence-corrected chi connectivity index (χ0v) is 13.0. The lowest BCUT2D eigenvalue weighted by Gasteiger charge is -2.16. The molecule has 1 aromatic heterocycles. The van der Waals surface area contributed by atoms with Gasteiger partial charge in [0.05, 0.1) is 12.6 Å². The van der Waals surface area contributed by atoms with Gasteiger partial charge in [-0.15, -0.1) is 11.3 Å². The van der Waals surface area contributed by atoms with E-state index in [2.05, 4.69) is 24.4 Å². The number of aryl methyl sites for hydroxylation is 2. The van der Waals surface area contributed by atoms with Crippen molar-refractivity contribution in [3.05, 3.63) is 57.8 Å². The molecule has 1 amide bonds. The van der Waals surface area contributed by atoms with Gasteiger partial charge in [0.25, 0.3) is 0 Å². The van der Waals surface area contributed by atoms with Gasteiger partial charge < -0.3 is 10.4 Å². The van der Waals surface area contributed by atoms with Crippen molar-refractivity contribution in [2.45, 2.75) is 32.2 Å². The average Bonchev–Trinajstić information content (AvgIpc) is 2.91. The molecule has 0 spiro atoms. The van der Waals surface area contributed by atoms with E-state index in [1.165, 1.54) is 9.75 Å². The van der Waals surface area contributed by atoms with E-state index in [4.69, 9.17) is 0 Å². The first kappa shape index (κ1) is 15.7. The van der Waals surface area contributed by atoms with Gasteiger partial charge in [-0.1, -0.05) is 30.3 Å². The van der Waals surface area contributed by atoms with Gasteiger partial charge in [0.2, 0.25) is 5.91 Å². The minimum atomic E-state index is -0.317. The van der Waals surface area contributed by atoms with Crippen LogP contribution in [-0.2, 0) is 11.2 Å². The van der Waals surface area contributed by atoms with Crippen molar-refractivity contribution in [2.75, 3.05) is 6.61 Å². The van der Waals surface area contributed by atoms with Crippen molar-refractivity contribution in [2.24, 2.45) is 0 Å². The predicted molar refractivity (Wildman–Crippen MR) is 86.4 cm³/mol. The zero-order chi connectivity index (χ0) is 15.1. The SMILES string of the molecule is Cc1ccc(CCCC(=O)NC(CO)c2ccccc2)s1. The predicted octanol–water partition coefficient (Wildman–Crippen LogP) is 3.23. The number of thiophene rings is 1. The summed E-state index contributed by atoms with van der Waals surface area (Å²) in [5, 5.41) is 12.3. The summed E-state index contributed by atoms with van der Waals surface area (Å²) in [5.41, 5.74) is 0.933. The Morgan fingerprint density at radius 1 is 1.24 bits per heavy atom. The maximum atomic E-state index is 12.0. The third kappa shape index (κ3) is 4.99. The normalized spacial score (nSPS) is 12.1. The lowest BCUT2D eigenvalue weighted by Crippen LogP contribution is -2.30. The van der Waals surface area contributed by atoms with E-state index >= 15 is 0 Å². The van der Waals surface area contributed by atoms with Gasteiger partial charge >= 0.3 is 0 Å². The Bertz CT molecular complexity index is 565. The molecule has 0 saturated carbocycles. The first-order chi connectivity index (χ1) is 10.2. The van der Waals surface area contributed by atoms with Crippen molar-refractivity contribution < 1.29 is 9.90 Å². The van der Waals surface area contributed by atoms with E-state index in [1.54, 1.807) is 11.3 Å². The number of carbonyl (C=O) groups excluding carboxylic acids is 1. The molecular formula is C17H21NO2S. The molecule has 3 nitrogen and oxygen atoms in total. The fourth-order valence-electron chi connectivity index (χ4n) is 2.23. The summed E-state index contributed by atoms with van der Waals surface area (Å²) < 4.78 is 0. The Morgan fingerprint density at radius 3 is 2.62 bits per heavy atom. The van der Waals surface area contributed by atoms with E-state index in [9.17, 15) is 9.90 Å². The van der Waals surface area contributed by atoms with Crippen molar-refractivity contribution in [3.8, 4) is 0 Å². The molecule has 112 valence electrons. The lowest BCUT2D eigenvalue weighted by atomic mass is 10.1. The number of nitrogens with one attached hydrogen (secondary N) is 1. The van der Waals surface area contributed by atoms with Crippen LogP contribution >= 0.6 is 11.3 Å². The van der Waals surface area contributed by atoms with Crippen LogP contribution in [0.3, 0.4) is 0 Å². The molecule has 0 fully saturated rings. The number of aliphatic hydroxyl groups excluding tert-OH is 1. The molecule has 0 saturated heterocycles. The van der Waals surface area contributed by atoms with E-state index in [-0.39, 0.29) is 18.6 Å². The second-order valence-corrected chi connectivity index (χ2v) is 6.45. The Labute approximate surface area is 129 Å². The highest BCUT2D eigenvalue weighted by Crippen LogP contribution is 2.17. The quantitative estimate of drug-likeness (QED) is 0.825. The second-order valence-electron chi connectivity index (χ2n) is 5.08. The smallest absolute Gasteiger partial charge is 0.220 e. The van der Waals surface area contributed by atoms with Gasteiger partial charge in [0, 0.05) is 16.2 Å². The van der Waals surface area contributed by atoms with Gasteiger partial charge in [-0.25, -0.2) is 0 Å². The van der Waals surface area contributed by atoms with Crippen molar-refractivity contribution in [3.63, 3.8) is 0 Å². The summed E-state index contributed by atoms with van der Waals surface area (Å²) >= 11 is 1.78. The highest BCUT2D eigenvalue weighted by molar-refractivity contribution is 7.11. The molecule has 0 aliphatic rings. The van der Waals surface area contributed by atoms with Crippen molar-refractivity contribution >= 4 is 17.2 Å². The molecule has 2 rings (SSSR count). The van der Waals surface area contributed by atoms with Gasteiger partial charge in [0.15, 0.2) is 0 Å². The molecule has 21 heavy (non-hydrogen) atoms. The first-order valence-corrected chi connectivity index (χ1v) is 8.01. The number of aliphatic hydroxyl groups is 1. The Morgan fingerprint density at radius 2 is 2.00 bits per heavy atom. The van der Waals surface area contributed by atoms with Gasteiger partial charge in [-0.2, -0.15) is 0 Å². The zero-order valence-electron chi connectivity index (χ0n) is 12.2. The standard InChI is InChI=1S/C17H21NO2S/c1-13-10-11-15(21-13)8-5-9-17(20)18-16(12-19)14-6-3-2-4-7-14/h2-4,6-7,10-11,16,19H,5,8-9,12H2,1H3,(H,18,20). The number of hydrogen-bond donors (Lipinski definition) is 2. The van der Waals surface area contributed by atoms with Crippen LogP contribution in [-0.4, -0.2) is 17.6 Å². The summed E-state index contributed by atoms with van der Waals surface area (Å²) in [4.78, 5) is 14.6. The molecule has 0 aliphatic heterocycles. The summed E-state index contributed by atoms with van der Waals surface area (Å²) in [6.07, 6.45) is 2.25. The molecule has 1 heterocycles. The molecule has 0 aliphatic carbocycles. The number of carbonyl (C=O) groups is 1. The summed E-state index contributed by atoms with van der Waals surface area (Å²) in [7, 11) is 0. The van der Waals surface area contributed by atoms with Crippen LogP contribution in [0.4, 0.5) is 0 Å². The molecule has 2 N–H and O–H groups in total. The summed E-state index contributed by atoms with van der Waals surface area (Å²) in [5.74, 6) is -0.00817. The number of benzene rings is 1. The Kier molecular flexibility index (Phi) is 5.96. The maximum Gasteiger partial charge on any atom is 0.220 e. The van der Waals surface area contributed by atoms with E-state index < -0.39 is 0 Å². The van der Waals surface area contributed by atoms with Crippen LogP contribution in [0.5, 0.6) is 0 Å². The second kappa shape index (κ2) is 7.96. The van der Waals surface area contributed by atoms with Crippen LogP contribution in [0.2, 0.25) is 0 Å². The van der Waals surface area contributed by atoms with Crippen LogP contribution < -0.4 is 5.32 Å². The van der Waals surface area contributed by atoms with Gasteiger partial charge in [-0.3, -0.25) is 4.79 Å². The van der Waals surface area contributed by atoms with Crippen molar-refractivity contribution in [1.82, 2.24) is 5.32 Å². The number of amides is 1. The average molecular weight is 303 g/mol. The van der Waals surface area contributed by atoms with E-state index in [0.29, 0.717) is 6.42 Å². The fourth-order valence-corrected chi connectivity index (χ4v) is 3.16. The maximum absolute atomic E-state index is 12.0. The van der Waals surface area contributed by atoms with Gasteiger partial charge in [0.1, 0.15) is 0 Å². The minimum Gasteiger partial charge on any atom is -0.394 e. The summed E-state index contributed by atoms with van der Waals surface area (Å²) in [6, 6.07) is 13.5. The molecule has 0 bridgehead atoms. The number of rotatable bonds is 7. The highest BCUT2D eigenvalue weighted by atomic mass is 32.1. The third-order valence-corrected chi connectivity index (χ3v) is 4.40. The fraction of sp³-hybridized carbons (Fsp3) is 0.353. The van der Waals surface area contributed by atoms with E-state index in [1.807, 2.05) is 30.3 Å². The Balaban J connectivity index is 1.78. The molecule has 0 radical (unpaired) electrons. The van der Waals surface area contributed by atoms with E-state index in [0.717, 1.165) is 18.4 Å².